The van der Waals surface area contributed by atoms with E-state index in [1.54, 1.807) is 32.4 Å². The molecule has 3 aromatic rings. The first kappa shape index (κ1) is 21.4. The summed E-state index contributed by atoms with van der Waals surface area (Å²) >= 11 is 1.13. The lowest BCUT2D eigenvalue weighted by Crippen LogP contribution is -2.22. The number of methoxy groups -OCH3 is 2. The van der Waals surface area contributed by atoms with Gasteiger partial charge in [-0.3, -0.25) is 0 Å². The second-order valence-electron chi connectivity index (χ2n) is 6.05. The summed E-state index contributed by atoms with van der Waals surface area (Å²) in [6.45, 7) is 0.182. The van der Waals surface area contributed by atoms with Gasteiger partial charge in [-0.05, 0) is 18.2 Å². The molecule has 0 aliphatic carbocycles. The van der Waals surface area contributed by atoms with Crippen LogP contribution in [0.3, 0.4) is 0 Å². The highest BCUT2D eigenvalue weighted by molar-refractivity contribution is 7.14. The Morgan fingerprint density at radius 2 is 1.77 bits per heavy atom. The van der Waals surface area contributed by atoms with Crippen LogP contribution < -0.4 is 20.5 Å². The lowest BCUT2D eigenvalue weighted by molar-refractivity contribution is -0.137. The normalized spacial score (nSPS) is 12.0. The van der Waals surface area contributed by atoms with Gasteiger partial charge >= 0.3 is 6.18 Å². The quantitative estimate of drug-likeness (QED) is 0.430. The van der Waals surface area contributed by atoms with Crippen LogP contribution in [0.1, 0.15) is 11.1 Å². The molecule has 0 radical (unpaired) electrons. The Labute approximate surface area is 175 Å². The van der Waals surface area contributed by atoms with Crippen molar-refractivity contribution in [2.45, 2.75) is 12.7 Å². The van der Waals surface area contributed by atoms with E-state index < -0.39 is 11.7 Å². The lowest BCUT2D eigenvalue weighted by atomic mass is 10.1. The minimum absolute atomic E-state index is 0.00330. The SMILES string of the molecule is COc1cccc(OC)c1CN=C(N)Nc1nc(-c2ccccc2C(F)(F)F)cs1. The van der Waals surface area contributed by atoms with E-state index in [0.29, 0.717) is 22.2 Å². The fourth-order valence-corrected chi connectivity index (χ4v) is 3.52. The predicted octanol–water partition coefficient (Wildman–Crippen LogP) is 4.77. The number of aromatic nitrogens is 1. The van der Waals surface area contributed by atoms with E-state index in [-0.39, 0.29) is 23.8 Å². The molecule has 0 bridgehead atoms. The van der Waals surface area contributed by atoms with Crippen LogP contribution in [0.25, 0.3) is 11.3 Å². The van der Waals surface area contributed by atoms with E-state index in [0.717, 1.165) is 17.4 Å². The van der Waals surface area contributed by atoms with Crippen LogP contribution in [0.2, 0.25) is 0 Å². The van der Waals surface area contributed by atoms with Gasteiger partial charge in [0.1, 0.15) is 11.5 Å². The fraction of sp³-hybridized carbons (Fsp3) is 0.200. The van der Waals surface area contributed by atoms with Crippen molar-refractivity contribution in [2.75, 3.05) is 19.5 Å². The van der Waals surface area contributed by atoms with E-state index in [1.807, 2.05) is 0 Å². The summed E-state index contributed by atoms with van der Waals surface area (Å²) in [7, 11) is 3.08. The Hall–Kier alpha value is -3.27. The van der Waals surface area contributed by atoms with E-state index in [2.05, 4.69) is 15.3 Å². The molecule has 30 heavy (non-hydrogen) atoms. The van der Waals surface area contributed by atoms with Crippen LogP contribution in [0.4, 0.5) is 18.3 Å². The van der Waals surface area contributed by atoms with Gasteiger partial charge in [-0.25, -0.2) is 9.98 Å². The van der Waals surface area contributed by atoms with Crippen LogP contribution in [0, 0.1) is 0 Å². The average molecular weight is 436 g/mol. The number of hydrogen-bond donors (Lipinski definition) is 2. The number of thiazole rings is 1. The van der Waals surface area contributed by atoms with Crippen LogP contribution >= 0.6 is 11.3 Å². The number of nitrogens with one attached hydrogen (secondary N) is 1. The molecule has 6 nitrogen and oxygen atoms in total. The van der Waals surface area contributed by atoms with E-state index in [9.17, 15) is 13.2 Å². The minimum atomic E-state index is -4.47. The van der Waals surface area contributed by atoms with Crippen molar-refractivity contribution in [2.24, 2.45) is 10.7 Å². The topological polar surface area (TPSA) is 81.8 Å². The second-order valence-corrected chi connectivity index (χ2v) is 6.91. The Bertz CT molecular complexity index is 1030. The maximum Gasteiger partial charge on any atom is 0.417 e. The van der Waals surface area contributed by atoms with Crippen LogP contribution in [-0.4, -0.2) is 25.2 Å². The highest BCUT2D eigenvalue weighted by atomic mass is 32.1. The van der Waals surface area contributed by atoms with Gasteiger partial charge in [-0.1, -0.05) is 24.3 Å². The van der Waals surface area contributed by atoms with Crippen molar-refractivity contribution >= 4 is 22.4 Å². The van der Waals surface area contributed by atoms with Crippen LogP contribution in [0.15, 0.2) is 52.8 Å². The van der Waals surface area contributed by atoms with Crippen molar-refractivity contribution in [1.29, 1.82) is 0 Å². The van der Waals surface area contributed by atoms with E-state index in [4.69, 9.17) is 15.2 Å². The Morgan fingerprint density at radius 3 is 2.40 bits per heavy atom. The molecule has 3 rings (SSSR count). The van der Waals surface area contributed by atoms with Gasteiger partial charge in [0.2, 0.25) is 0 Å². The van der Waals surface area contributed by atoms with Gasteiger partial charge in [0, 0.05) is 10.9 Å². The minimum Gasteiger partial charge on any atom is -0.496 e. The standard InChI is InChI=1S/C20H19F3N4O2S/c1-28-16-8-5-9-17(29-2)13(16)10-25-18(24)27-19-26-15(11-30-19)12-6-3-4-7-14(12)20(21,22)23/h3-9,11H,10H2,1-2H3,(H3,24,25,26,27). The molecule has 158 valence electrons. The molecule has 0 spiro atoms. The first-order valence-corrected chi connectivity index (χ1v) is 9.60. The van der Waals surface area contributed by atoms with Crippen molar-refractivity contribution in [3.63, 3.8) is 0 Å². The molecule has 10 heteroatoms. The Balaban J connectivity index is 1.78. The third kappa shape index (κ3) is 4.82. The van der Waals surface area contributed by atoms with Crippen molar-refractivity contribution in [1.82, 2.24) is 4.98 Å². The maximum absolute atomic E-state index is 13.2. The molecular formula is C20H19F3N4O2S. The monoisotopic (exact) mass is 436 g/mol. The van der Waals surface area contributed by atoms with Crippen molar-refractivity contribution < 1.29 is 22.6 Å². The third-order valence-electron chi connectivity index (χ3n) is 4.19. The van der Waals surface area contributed by atoms with Crippen molar-refractivity contribution in [3.8, 4) is 22.8 Å². The van der Waals surface area contributed by atoms with Crippen molar-refractivity contribution in [3.05, 3.63) is 59.0 Å². The van der Waals surface area contributed by atoms with Gasteiger partial charge in [0.25, 0.3) is 0 Å². The van der Waals surface area contributed by atoms with Gasteiger partial charge in [-0.15, -0.1) is 11.3 Å². The number of nitrogens with zero attached hydrogens (tertiary/aromatic N) is 2. The van der Waals surface area contributed by atoms with Gasteiger partial charge in [-0.2, -0.15) is 13.2 Å². The third-order valence-corrected chi connectivity index (χ3v) is 4.94. The number of nitrogens with two attached hydrogens (primary N) is 1. The molecule has 1 aromatic heterocycles. The number of rotatable bonds is 6. The Morgan fingerprint density at radius 1 is 1.10 bits per heavy atom. The second kappa shape index (κ2) is 9.04. The summed E-state index contributed by atoms with van der Waals surface area (Å²) < 4.78 is 50.3. The average Bonchev–Trinajstić information content (AvgIpc) is 3.19. The van der Waals surface area contributed by atoms with Gasteiger partial charge < -0.3 is 20.5 Å². The van der Waals surface area contributed by atoms with Crippen LogP contribution in [0.5, 0.6) is 11.5 Å². The largest absolute Gasteiger partial charge is 0.496 e. The zero-order valence-corrected chi connectivity index (χ0v) is 17.0. The van der Waals surface area contributed by atoms with E-state index >= 15 is 0 Å². The smallest absolute Gasteiger partial charge is 0.417 e. The molecule has 0 atom stereocenters. The highest BCUT2D eigenvalue weighted by Gasteiger charge is 2.33. The molecule has 0 aliphatic rings. The number of aliphatic imine (C=N–C) groups is 1. The molecule has 1 heterocycles. The summed E-state index contributed by atoms with van der Waals surface area (Å²) in [6, 6.07) is 10.6. The summed E-state index contributed by atoms with van der Waals surface area (Å²) in [5, 5.41) is 4.67. The summed E-state index contributed by atoms with van der Waals surface area (Å²) in [5.74, 6) is 1.27. The number of hydrogen-bond acceptors (Lipinski definition) is 5. The number of ether oxygens (including phenoxy) is 2. The summed E-state index contributed by atoms with van der Waals surface area (Å²) in [6.07, 6.45) is -4.47. The zero-order valence-electron chi connectivity index (χ0n) is 16.2. The molecule has 0 saturated carbocycles. The highest BCUT2D eigenvalue weighted by Crippen LogP contribution is 2.37. The number of alkyl halides is 3. The van der Waals surface area contributed by atoms with E-state index in [1.165, 1.54) is 23.6 Å². The number of anilines is 1. The maximum atomic E-state index is 13.2. The van der Waals surface area contributed by atoms with Crippen LogP contribution in [-0.2, 0) is 12.7 Å². The first-order chi connectivity index (χ1) is 14.3. The summed E-state index contributed by atoms with van der Waals surface area (Å²) in [4.78, 5) is 8.47. The number of guanidine groups is 1. The molecule has 0 amide bonds. The molecule has 0 fully saturated rings. The molecule has 3 N–H and O–H groups in total. The molecule has 0 saturated heterocycles. The summed E-state index contributed by atoms with van der Waals surface area (Å²) in [5.41, 5.74) is 6.10. The molecular weight excluding hydrogens is 417 g/mol. The first-order valence-electron chi connectivity index (χ1n) is 8.72. The predicted molar refractivity (Wildman–Crippen MR) is 111 cm³/mol. The Kier molecular flexibility index (Phi) is 6.46. The van der Waals surface area contributed by atoms with Gasteiger partial charge in [0.15, 0.2) is 11.1 Å². The number of benzene rings is 2. The lowest BCUT2D eigenvalue weighted by Gasteiger charge is -2.11. The molecule has 0 unspecified atom stereocenters. The molecule has 0 aliphatic heterocycles. The fourth-order valence-electron chi connectivity index (χ4n) is 2.81. The van der Waals surface area contributed by atoms with Gasteiger partial charge in [0.05, 0.1) is 37.6 Å². The zero-order chi connectivity index (χ0) is 21.7. The number of halogens is 3. The molecule has 2 aromatic carbocycles.